The van der Waals surface area contributed by atoms with E-state index in [0.717, 1.165) is 24.8 Å². The first-order valence-electron chi connectivity index (χ1n) is 8.17. The average Bonchev–Trinajstić information content (AvgIpc) is 2.50. The van der Waals surface area contributed by atoms with E-state index in [1.165, 1.54) is 11.1 Å². The first kappa shape index (κ1) is 19.8. The van der Waals surface area contributed by atoms with Crippen LogP contribution in [0.1, 0.15) is 38.8 Å². The third kappa shape index (κ3) is 9.51. The molecule has 0 spiro atoms. The number of benzene rings is 1. The fraction of sp³-hybridized carbons (Fsp3) is 0.611. The number of hydrogen-bond donors (Lipinski definition) is 2. The molecule has 0 bridgehead atoms. The molecule has 1 rings (SSSR count). The largest absolute Gasteiger partial charge is 0.371 e. The Morgan fingerprint density at radius 2 is 1.96 bits per heavy atom. The Kier molecular flexibility index (Phi) is 9.10. The molecule has 0 aliphatic heterocycles. The summed E-state index contributed by atoms with van der Waals surface area (Å²) in [5.74, 6) is 1.95. The Morgan fingerprint density at radius 3 is 2.61 bits per heavy atom. The van der Waals surface area contributed by atoms with Gasteiger partial charge in [0.15, 0.2) is 5.96 Å². The zero-order chi connectivity index (χ0) is 17.1. The molecule has 0 unspecified atom stereocenters. The predicted molar refractivity (Wildman–Crippen MR) is 102 cm³/mol. The minimum absolute atomic E-state index is 0.117. The second kappa shape index (κ2) is 10.6. The second-order valence-corrected chi connectivity index (χ2v) is 7.32. The molecule has 2 N–H and O–H groups in total. The summed E-state index contributed by atoms with van der Waals surface area (Å²) in [6, 6.07) is 8.44. The topological polar surface area (TPSA) is 45.7 Å². The van der Waals surface area contributed by atoms with Gasteiger partial charge in [-0.3, -0.25) is 0 Å². The van der Waals surface area contributed by atoms with Crippen molar-refractivity contribution >= 4 is 17.7 Å². The summed E-state index contributed by atoms with van der Waals surface area (Å²) >= 11 is 1.83. The van der Waals surface area contributed by atoms with Crippen LogP contribution in [0.3, 0.4) is 0 Å². The van der Waals surface area contributed by atoms with Crippen LogP contribution in [0.5, 0.6) is 0 Å². The summed E-state index contributed by atoms with van der Waals surface area (Å²) in [7, 11) is 0. The first-order chi connectivity index (χ1) is 10.9. The molecule has 130 valence electrons. The molecule has 0 heterocycles. The van der Waals surface area contributed by atoms with E-state index in [-0.39, 0.29) is 5.60 Å². The van der Waals surface area contributed by atoms with Crippen molar-refractivity contribution in [2.45, 2.75) is 46.4 Å². The fourth-order valence-corrected chi connectivity index (χ4v) is 2.21. The monoisotopic (exact) mass is 337 g/mol. The van der Waals surface area contributed by atoms with E-state index >= 15 is 0 Å². The molecule has 0 saturated heterocycles. The molecule has 0 atom stereocenters. The van der Waals surface area contributed by atoms with Crippen molar-refractivity contribution < 1.29 is 4.74 Å². The molecule has 4 nitrogen and oxygen atoms in total. The first-order valence-corrected chi connectivity index (χ1v) is 9.57. The highest BCUT2D eigenvalue weighted by Crippen LogP contribution is 2.13. The van der Waals surface area contributed by atoms with Gasteiger partial charge in [0.25, 0.3) is 0 Å². The minimum Gasteiger partial charge on any atom is -0.371 e. The Bertz CT molecular complexity index is 483. The van der Waals surface area contributed by atoms with E-state index in [1.54, 1.807) is 0 Å². The summed E-state index contributed by atoms with van der Waals surface area (Å²) in [5, 5.41) is 6.62. The lowest BCUT2D eigenvalue weighted by Gasteiger charge is -2.19. The van der Waals surface area contributed by atoms with E-state index in [1.807, 2.05) is 11.8 Å². The van der Waals surface area contributed by atoms with Crippen LogP contribution < -0.4 is 10.6 Å². The quantitative estimate of drug-likeness (QED) is 0.433. The van der Waals surface area contributed by atoms with Crippen molar-refractivity contribution in [1.29, 1.82) is 0 Å². The number of guanidine groups is 1. The van der Waals surface area contributed by atoms with Crippen LogP contribution in [-0.4, -0.2) is 36.7 Å². The molecule has 0 aromatic heterocycles. The summed E-state index contributed by atoms with van der Waals surface area (Å²) in [5.41, 5.74) is 2.27. The van der Waals surface area contributed by atoms with Gasteiger partial charge in [0.1, 0.15) is 0 Å². The Labute approximate surface area is 145 Å². The summed E-state index contributed by atoms with van der Waals surface area (Å²) in [6.45, 7) is 11.4. The molecular formula is C18H31N3OS. The van der Waals surface area contributed by atoms with Gasteiger partial charge >= 0.3 is 0 Å². The SMILES string of the molecule is CCNC(=NCc1cccc(COC(C)(C)C)c1)NCCSC. The Balaban J connectivity index is 2.61. The number of nitrogens with zero attached hydrogens (tertiary/aromatic N) is 1. The van der Waals surface area contributed by atoms with Gasteiger partial charge in [-0.1, -0.05) is 24.3 Å². The molecule has 0 saturated carbocycles. The number of hydrogen-bond acceptors (Lipinski definition) is 3. The van der Waals surface area contributed by atoms with Gasteiger partial charge in [-0.2, -0.15) is 11.8 Å². The number of rotatable bonds is 8. The number of ether oxygens (including phenoxy) is 1. The Morgan fingerprint density at radius 1 is 1.22 bits per heavy atom. The second-order valence-electron chi connectivity index (χ2n) is 6.34. The zero-order valence-electron chi connectivity index (χ0n) is 15.1. The predicted octanol–water partition coefficient (Wildman–Crippen LogP) is 3.42. The number of nitrogens with one attached hydrogen (secondary N) is 2. The number of aliphatic imine (C=N–C) groups is 1. The van der Waals surface area contributed by atoms with Crippen LogP contribution in [0.2, 0.25) is 0 Å². The molecule has 0 radical (unpaired) electrons. The van der Waals surface area contributed by atoms with E-state index < -0.39 is 0 Å². The lowest BCUT2D eigenvalue weighted by Crippen LogP contribution is -2.38. The maximum Gasteiger partial charge on any atom is 0.191 e. The summed E-state index contributed by atoms with van der Waals surface area (Å²) in [4.78, 5) is 4.65. The van der Waals surface area contributed by atoms with Gasteiger partial charge in [-0.05, 0) is 45.1 Å². The maximum absolute atomic E-state index is 5.84. The Hall–Kier alpha value is -1.20. The zero-order valence-corrected chi connectivity index (χ0v) is 15.9. The molecule has 1 aromatic carbocycles. The molecule has 0 amide bonds. The summed E-state index contributed by atoms with van der Waals surface area (Å²) < 4.78 is 5.84. The van der Waals surface area contributed by atoms with Crippen molar-refractivity contribution in [3.63, 3.8) is 0 Å². The van der Waals surface area contributed by atoms with Gasteiger partial charge in [-0.15, -0.1) is 0 Å². The fourth-order valence-electron chi connectivity index (χ4n) is 1.90. The van der Waals surface area contributed by atoms with Crippen LogP contribution in [0, 0.1) is 0 Å². The maximum atomic E-state index is 5.84. The summed E-state index contributed by atoms with van der Waals surface area (Å²) in [6.07, 6.45) is 2.11. The molecule has 23 heavy (non-hydrogen) atoms. The normalized spacial score (nSPS) is 12.3. The van der Waals surface area contributed by atoms with E-state index in [9.17, 15) is 0 Å². The average molecular weight is 338 g/mol. The smallest absolute Gasteiger partial charge is 0.191 e. The molecule has 1 aromatic rings. The van der Waals surface area contributed by atoms with Crippen LogP contribution in [0.25, 0.3) is 0 Å². The lowest BCUT2D eigenvalue weighted by atomic mass is 10.1. The van der Waals surface area contributed by atoms with Gasteiger partial charge < -0.3 is 15.4 Å². The molecule has 5 heteroatoms. The van der Waals surface area contributed by atoms with Crippen LogP contribution in [-0.2, 0) is 17.9 Å². The van der Waals surface area contributed by atoms with Crippen molar-refractivity contribution in [2.24, 2.45) is 4.99 Å². The van der Waals surface area contributed by atoms with Crippen molar-refractivity contribution in [1.82, 2.24) is 10.6 Å². The van der Waals surface area contributed by atoms with Gasteiger partial charge in [-0.25, -0.2) is 4.99 Å². The van der Waals surface area contributed by atoms with Crippen molar-refractivity contribution in [2.75, 3.05) is 25.1 Å². The van der Waals surface area contributed by atoms with E-state index in [0.29, 0.717) is 13.2 Å². The van der Waals surface area contributed by atoms with Crippen molar-refractivity contribution in [3.8, 4) is 0 Å². The van der Waals surface area contributed by atoms with E-state index in [4.69, 9.17) is 4.74 Å². The van der Waals surface area contributed by atoms with Crippen LogP contribution in [0.15, 0.2) is 29.3 Å². The van der Waals surface area contributed by atoms with Gasteiger partial charge in [0.05, 0.1) is 18.8 Å². The minimum atomic E-state index is -0.117. The highest BCUT2D eigenvalue weighted by molar-refractivity contribution is 7.98. The molecular weight excluding hydrogens is 306 g/mol. The number of thioether (sulfide) groups is 1. The highest BCUT2D eigenvalue weighted by Gasteiger charge is 2.10. The third-order valence-corrected chi connectivity index (χ3v) is 3.64. The third-order valence-electron chi connectivity index (χ3n) is 3.03. The lowest BCUT2D eigenvalue weighted by molar-refractivity contribution is -0.0149. The van der Waals surface area contributed by atoms with E-state index in [2.05, 4.69) is 73.8 Å². The molecule has 0 aliphatic rings. The standard InChI is InChI=1S/C18H31N3OS/c1-6-19-17(20-10-11-23-5)21-13-15-8-7-9-16(12-15)14-22-18(2,3)4/h7-9,12H,6,10-11,13-14H2,1-5H3,(H2,19,20,21). The molecule has 0 fully saturated rings. The van der Waals surface area contributed by atoms with Crippen molar-refractivity contribution in [3.05, 3.63) is 35.4 Å². The van der Waals surface area contributed by atoms with Gasteiger partial charge in [0.2, 0.25) is 0 Å². The highest BCUT2D eigenvalue weighted by atomic mass is 32.2. The van der Waals surface area contributed by atoms with Crippen LogP contribution >= 0.6 is 11.8 Å². The molecule has 0 aliphatic carbocycles. The van der Waals surface area contributed by atoms with Gasteiger partial charge in [0, 0.05) is 18.8 Å². The van der Waals surface area contributed by atoms with Crippen LogP contribution in [0.4, 0.5) is 0 Å².